The van der Waals surface area contributed by atoms with Crippen molar-refractivity contribution < 1.29 is 46.1 Å². The number of hydrogen-bond donors (Lipinski definition) is 0. The summed E-state index contributed by atoms with van der Waals surface area (Å²) in [6, 6.07) is 23.9. The Morgan fingerprint density at radius 3 is 1.93 bits per heavy atom. The summed E-state index contributed by atoms with van der Waals surface area (Å²) in [5.74, 6) is 0.558. The van der Waals surface area contributed by atoms with Crippen LogP contribution in [0, 0.1) is 11.3 Å². The van der Waals surface area contributed by atoms with E-state index in [9.17, 15) is 0 Å². The van der Waals surface area contributed by atoms with Gasteiger partial charge in [0.1, 0.15) is 0 Å². The Kier molecular flexibility index (Phi) is 11.5. The molecule has 0 aliphatic heterocycles. The quantitative estimate of drug-likeness (QED) is 0.284. The zero-order valence-corrected chi connectivity index (χ0v) is 32.9. The SMILES string of the molecule is CCCC1C=C(C(C)(C)C)C=[C]1/[Zr+2](=[C](\C)c1ccccc1)[c]1cc(C(C)(C)C)cc2c1Cc1ccc(C(C)(C)C)cc1-2.[Cl-].[Cl-]. The molecule has 1 atom stereocenters. The number of rotatable bonds is 5. The van der Waals surface area contributed by atoms with Gasteiger partial charge in [0.25, 0.3) is 0 Å². The molecule has 0 fully saturated rings. The summed E-state index contributed by atoms with van der Waals surface area (Å²) in [6.45, 7) is 26.2. The van der Waals surface area contributed by atoms with Gasteiger partial charge in [-0.05, 0) is 0 Å². The van der Waals surface area contributed by atoms with Gasteiger partial charge in [-0.3, -0.25) is 0 Å². The minimum Gasteiger partial charge on any atom is -1.00 e. The summed E-state index contributed by atoms with van der Waals surface area (Å²) in [6.07, 6.45) is 8.85. The van der Waals surface area contributed by atoms with Gasteiger partial charge in [-0.2, -0.15) is 0 Å². The van der Waals surface area contributed by atoms with Crippen molar-refractivity contribution in [1.29, 1.82) is 0 Å². The number of fused-ring (bicyclic) bond motifs is 3. The Morgan fingerprint density at radius 1 is 0.750 bits per heavy atom. The van der Waals surface area contributed by atoms with Crippen LogP contribution >= 0.6 is 0 Å². The molecule has 0 aromatic heterocycles. The van der Waals surface area contributed by atoms with Gasteiger partial charge in [0.05, 0.1) is 0 Å². The summed E-state index contributed by atoms with van der Waals surface area (Å²) >= 11 is -2.60. The summed E-state index contributed by atoms with van der Waals surface area (Å²) < 4.78 is 5.16. The largest absolute Gasteiger partial charge is 1.00 e. The average Bonchev–Trinajstić information content (AvgIpc) is 3.50. The van der Waals surface area contributed by atoms with Crippen molar-refractivity contribution in [3.63, 3.8) is 0 Å². The Hall–Kier alpha value is -1.53. The van der Waals surface area contributed by atoms with E-state index in [1.807, 2.05) is 0 Å². The second kappa shape index (κ2) is 13.7. The average molecular weight is 707 g/mol. The molecule has 1 unspecified atom stereocenters. The molecule has 0 N–H and O–H groups in total. The van der Waals surface area contributed by atoms with Crippen LogP contribution in [0.15, 0.2) is 81.7 Å². The summed E-state index contributed by atoms with van der Waals surface area (Å²) in [7, 11) is 0. The van der Waals surface area contributed by atoms with Crippen LogP contribution in [0.25, 0.3) is 11.1 Å². The van der Waals surface area contributed by atoms with Gasteiger partial charge in [-0.15, -0.1) is 0 Å². The molecule has 2 aliphatic carbocycles. The minimum atomic E-state index is -2.60. The fourth-order valence-electron chi connectivity index (χ4n) is 6.71. The molecule has 0 nitrogen and oxygen atoms in total. The van der Waals surface area contributed by atoms with Gasteiger partial charge < -0.3 is 24.8 Å². The maximum Gasteiger partial charge on any atom is -1.00 e. The molecular weight excluding hydrogens is 655 g/mol. The van der Waals surface area contributed by atoms with Crippen molar-refractivity contribution in [2.24, 2.45) is 11.3 Å². The molecule has 3 aromatic carbocycles. The molecule has 0 amide bonds. The van der Waals surface area contributed by atoms with Gasteiger partial charge in [-0.25, -0.2) is 0 Å². The molecule has 0 heterocycles. The van der Waals surface area contributed by atoms with E-state index in [0.717, 1.165) is 6.42 Å². The van der Waals surface area contributed by atoms with E-state index in [4.69, 9.17) is 0 Å². The third kappa shape index (κ3) is 7.37. The Morgan fingerprint density at radius 2 is 1.36 bits per heavy atom. The number of allylic oxidation sites excluding steroid dienone is 4. The van der Waals surface area contributed by atoms with Crippen molar-refractivity contribution in [3.05, 3.63) is 109 Å². The molecule has 234 valence electrons. The number of halogens is 2. The van der Waals surface area contributed by atoms with Crippen molar-refractivity contribution in [3.8, 4) is 11.1 Å². The smallest absolute Gasteiger partial charge is 1.00 e. The second-order valence-corrected chi connectivity index (χ2v) is 22.3. The Labute approximate surface area is 288 Å². The van der Waals surface area contributed by atoms with Gasteiger partial charge in [-0.1, -0.05) is 0 Å². The third-order valence-electron chi connectivity index (χ3n) is 9.45. The van der Waals surface area contributed by atoms with Crippen LogP contribution in [0.2, 0.25) is 0 Å². The first-order valence-electron chi connectivity index (χ1n) is 16.1. The monoisotopic (exact) mass is 704 g/mol. The third-order valence-corrected chi connectivity index (χ3v) is 17.1. The summed E-state index contributed by atoms with van der Waals surface area (Å²) in [5.41, 5.74) is 12.4. The normalized spacial score (nSPS) is 16.2. The van der Waals surface area contributed by atoms with Crippen molar-refractivity contribution in [1.82, 2.24) is 0 Å². The first-order chi connectivity index (χ1) is 19.6. The van der Waals surface area contributed by atoms with E-state index in [-0.39, 0.29) is 41.1 Å². The maximum absolute atomic E-state index is 2.68. The van der Waals surface area contributed by atoms with Crippen molar-refractivity contribution >= 4 is 6.48 Å². The van der Waals surface area contributed by atoms with Crippen LogP contribution in [0.3, 0.4) is 0 Å². The molecule has 0 spiro atoms. The topological polar surface area (TPSA) is 0 Å². The fourth-order valence-corrected chi connectivity index (χ4v) is 14.9. The zero-order chi connectivity index (χ0) is 30.6. The molecule has 5 rings (SSSR count). The molecule has 3 heteroatoms. The predicted molar refractivity (Wildman–Crippen MR) is 182 cm³/mol. The van der Waals surface area contributed by atoms with Gasteiger partial charge in [0.2, 0.25) is 0 Å². The molecule has 0 radical (unpaired) electrons. The van der Waals surface area contributed by atoms with Gasteiger partial charge >= 0.3 is 266 Å². The molecule has 0 saturated heterocycles. The molecule has 3 aromatic rings. The van der Waals surface area contributed by atoms with Crippen LogP contribution < -0.4 is 28.1 Å². The molecule has 0 bridgehead atoms. The van der Waals surface area contributed by atoms with E-state index in [1.54, 1.807) is 15.3 Å². The van der Waals surface area contributed by atoms with Crippen LogP contribution in [-0.2, 0) is 38.5 Å². The van der Waals surface area contributed by atoms with E-state index in [1.165, 1.54) is 51.8 Å². The van der Waals surface area contributed by atoms with Crippen molar-refractivity contribution in [2.75, 3.05) is 0 Å². The molecule has 44 heavy (non-hydrogen) atoms. The number of hydrogen-bond acceptors (Lipinski definition) is 0. The van der Waals surface area contributed by atoms with E-state index in [2.05, 4.69) is 149 Å². The standard InChI is InChI=1S/C21H25.C12H19.C8H8.2ClH.Zr/c1-20(2,3)16-9-7-14-11-15-8-10-17(21(4,5)6)13-19(15)18(14)12-16;1-5-6-10-7-8-11(9-10)12(2,3)4;1-2-8-6-4-3-5-7-8;;;/h7,9-10,12-13H,11H2,1-6H3;8-10H,5-6H2,1-4H3;3-7H,1H3;2*1H;/q;;;;;+2/p-2. The number of benzene rings is 3. The second-order valence-electron chi connectivity index (χ2n) is 15.8. The summed E-state index contributed by atoms with van der Waals surface area (Å²) in [5, 5.41) is 0. The Balaban J connectivity index is 0.00000264. The summed E-state index contributed by atoms with van der Waals surface area (Å²) in [4.78, 5) is 0. The van der Waals surface area contributed by atoms with E-state index >= 15 is 0 Å². The fraction of sp³-hybridized carbons (Fsp3) is 0.439. The van der Waals surface area contributed by atoms with Crippen LogP contribution in [0.1, 0.15) is 117 Å². The zero-order valence-electron chi connectivity index (χ0n) is 28.9. The van der Waals surface area contributed by atoms with E-state index in [0.29, 0.717) is 5.92 Å². The van der Waals surface area contributed by atoms with Crippen molar-refractivity contribution in [2.45, 2.75) is 106 Å². The van der Waals surface area contributed by atoms with Gasteiger partial charge in [0, 0.05) is 0 Å². The van der Waals surface area contributed by atoms with E-state index < -0.39 is 21.3 Å². The maximum atomic E-state index is 2.68. The van der Waals surface area contributed by atoms with Crippen LogP contribution in [0.4, 0.5) is 0 Å². The predicted octanol–water partition coefficient (Wildman–Crippen LogP) is 4.63. The Bertz CT molecular complexity index is 1600. The molecular formula is C41H52Cl2Zr. The van der Waals surface area contributed by atoms with Gasteiger partial charge in [0.15, 0.2) is 0 Å². The van der Waals surface area contributed by atoms with Crippen LogP contribution in [-0.4, -0.2) is 3.21 Å². The molecule has 0 saturated carbocycles. The van der Waals surface area contributed by atoms with Crippen LogP contribution in [0.5, 0.6) is 0 Å². The minimum absolute atomic E-state index is 0. The first kappa shape index (κ1) is 36.9. The molecule has 2 aliphatic rings. The first-order valence-corrected chi connectivity index (χ1v) is 19.8.